The maximum Gasteiger partial charge on any atom is 0.199 e. The van der Waals surface area contributed by atoms with E-state index in [4.69, 9.17) is 16.3 Å². The average molecular weight is 374 g/mol. The molecule has 4 rings (SSSR count). The first kappa shape index (κ1) is 17.4. The van der Waals surface area contributed by atoms with Crippen LogP contribution in [0.3, 0.4) is 0 Å². The molecule has 0 atom stereocenters. The van der Waals surface area contributed by atoms with Gasteiger partial charge in [-0.15, -0.1) is 0 Å². The van der Waals surface area contributed by atoms with Crippen molar-refractivity contribution in [1.29, 1.82) is 0 Å². The lowest BCUT2D eigenvalue weighted by Gasteiger charge is -2.15. The molecule has 0 aliphatic carbocycles. The molecule has 0 radical (unpaired) electrons. The Morgan fingerprint density at radius 2 is 1.41 bits per heavy atom. The molecule has 0 spiro atoms. The number of aromatic nitrogens is 1. The second kappa shape index (κ2) is 7.73. The lowest BCUT2D eigenvalue weighted by atomic mass is 10.0. The van der Waals surface area contributed by atoms with E-state index in [2.05, 4.69) is 59.2 Å². The van der Waals surface area contributed by atoms with Gasteiger partial charge in [-0.25, -0.2) is 0 Å². The first-order chi connectivity index (χ1) is 13.3. The van der Waals surface area contributed by atoms with Crippen LogP contribution in [0.5, 0.6) is 5.88 Å². The summed E-state index contributed by atoms with van der Waals surface area (Å²) in [5.74, 6) is 0.826. The molecule has 0 N–H and O–H groups in total. The van der Waals surface area contributed by atoms with Crippen LogP contribution in [0, 0.1) is 0 Å². The first-order valence-corrected chi connectivity index (χ1v) is 9.41. The van der Waals surface area contributed by atoms with Gasteiger partial charge in [-0.3, -0.25) is 4.57 Å². The predicted octanol–water partition coefficient (Wildman–Crippen LogP) is 6.86. The van der Waals surface area contributed by atoms with E-state index in [0.29, 0.717) is 6.61 Å². The number of rotatable bonds is 5. The van der Waals surface area contributed by atoms with E-state index >= 15 is 0 Å². The van der Waals surface area contributed by atoms with Gasteiger partial charge >= 0.3 is 0 Å². The van der Waals surface area contributed by atoms with Crippen LogP contribution in [0.25, 0.3) is 28.1 Å². The summed E-state index contributed by atoms with van der Waals surface area (Å²) >= 11 is 6.14. The molecule has 0 aliphatic rings. The number of hydrogen-bond donors (Lipinski definition) is 0. The van der Waals surface area contributed by atoms with Crippen LogP contribution in [0.2, 0.25) is 5.02 Å². The van der Waals surface area contributed by atoms with E-state index < -0.39 is 0 Å². The Morgan fingerprint density at radius 3 is 2.04 bits per heavy atom. The van der Waals surface area contributed by atoms with Crippen LogP contribution in [0.15, 0.2) is 91.0 Å². The molecule has 0 saturated carbocycles. The number of ether oxygens (including phenoxy) is 1. The Morgan fingerprint density at radius 1 is 0.778 bits per heavy atom. The topological polar surface area (TPSA) is 14.2 Å². The first-order valence-electron chi connectivity index (χ1n) is 9.03. The van der Waals surface area contributed by atoms with Gasteiger partial charge < -0.3 is 4.74 Å². The highest BCUT2D eigenvalue weighted by Gasteiger charge is 2.20. The molecule has 1 heterocycles. The molecule has 27 heavy (non-hydrogen) atoms. The van der Waals surface area contributed by atoms with Crippen LogP contribution in [0.4, 0.5) is 0 Å². The molecular weight excluding hydrogens is 354 g/mol. The van der Waals surface area contributed by atoms with E-state index in [9.17, 15) is 0 Å². The smallest absolute Gasteiger partial charge is 0.199 e. The molecule has 0 amide bonds. The summed E-state index contributed by atoms with van der Waals surface area (Å²) in [5, 5.41) is 0.725. The van der Waals surface area contributed by atoms with Crippen molar-refractivity contribution in [2.45, 2.75) is 6.92 Å². The van der Waals surface area contributed by atoms with Crippen molar-refractivity contribution in [2.24, 2.45) is 0 Å². The zero-order chi connectivity index (χ0) is 18.6. The normalized spacial score (nSPS) is 10.7. The summed E-state index contributed by atoms with van der Waals surface area (Å²) in [6, 6.07) is 30.8. The Balaban J connectivity index is 2.03. The third kappa shape index (κ3) is 3.49. The van der Waals surface area contributed by atoms with Crippen molar-refractivity contribution < 1.29 is 4.74 Å². The van der Waals surface area contributed by atoms with Crippen molar-refractivity contribution >= 4 is 11.6 Å². The highest BCUT2D eigenvalue weighted by Crippen LogP contribution is 2.40. The molecule has 134 valence electrons. The maximum absolute atomic E-state index is 6.14. The summed E-state index contributed by atoms with van der Waals surface area (Å²) in [7, 11) is 0. The monoisotopic (exact) mass is 373 g/mol. The van der Waals surface area contributed by atoms with Gasteiger partial charge in [0.2, 0.25) is 0 Å². The second-order valence-corrected chi connectivity index (χ2v) is 6.66. The third-order valence-electron chi connectivity index (χ3n) is 4.48. The third-order valence-corrected chi connectivity index (χ3v) is 4.73. The van der Waals surface area contributed by atoms with E-state index in [0.717, 1.165) is 39.0 Å². The fourth-order valence-electron chi connectivity index (χ4n) is 3.30. The Hall–Kier alpha value is -2.97. The zero-order valence-corrected chi connectivity index (χ0v) is 15.9. The van der Waals surface area contributed by atoms with E-state index in [1.54, 1.807) is 0 Å². The van der Waals surface area contributed by atoms with Gasteiger partial charge in [0.15, 0.2) is 5.88 Å². The molecular formula is C24H20ClNO. The minimum atomic E-state index is 0.602. The minimum Gasteiger partial charge on any atom is -0.479 e. The highest BCUT2D eigenvalue weighted by atomic mass is 35.5. The Kier molecular flexibility index (Phi) is 4.99. The van der Waals surface area contributed by atoms with Gasteiger partial charge in [0.05, 0.1) is 12.3 Å². The summed E-state index contributed by atoms with van der Waals surface area (Å²) in [5.41, 5.74) is 5.52. The number of para-hydroxylation sites is 1. The fraction of sp³-hybridized carbons (Fsp3) is 0.0833. The van der Waals surface area contributed by atoms with Crippen LogP contribution >= 0.6 is 11.6 Å². The molecule has 0 fully saturated rings. The summed E-state index contributed by atoms with van der Waals surface area (Å²) < 4.78 is 8.19. The van der Waals surface area contributed by atoms with Gasteiger partial charge in [0, 0.05) is 22.3 Å². The molecule has 1 aromatic heterocycles. The minimum absolute atomic E-state index is 0.602. The maximum atomic E-state index is 6.14. The van der Waals surface area contributed by atoms with Crippen LogP contribution in [-0.2, 0) is 0 Å². The quantitative estimate of drug-likeness (QED) is 0.372. The molecule has 0 saturated heterocycles. The van der Waals surface area contributed by atoms with Crippen molar-refractivity contribution in [3.63, 3.8) is 0 Å². The van der Waals surface area contributed by atoms with Crippen molar-refractivity contribution in [3.8, 4) is 34.0 Å². The summed E-state index contributed by atoms with van der Waals surface area (Å²) in [6.07, 6.45) is 0. The largest absolute Gasteiger partial charge is 0.479 e. The molecule has 0 aliphatic heterocycles. The zero-order valence-electron chi connectivity index (χ0n) is 15.1. The second-order valence-electron chi connectivity index (χ2n) is 6.22. The van der Waals surface area contributed by atoms with Gasteiger partial charge in [-0.1, -0.05) is 72.3 Å². The van der Waals surface area contributed by atoms with Gasteiger partial charge in [-0.2, -0.15) is 0 Å². The number of benzene rings is 3. The number of nitrogens with zero attached hydrogens (tertiary/aromatic N) is 1. The van der Waals surface area contributed by atoms with Gasteiger partial charge in [-0.05, 0) is 42.3 Å². The van der Waals surface area contributed by atoms with E-state index in [1.165, 1.54) is 0 Å². The van der Waals surface area contributed by atoms with E-state index in [1.807, 2.05) is 43.3 Å². The lowest BCUT2D eigenvalue weighted by Crippen LogP contribution is -2.02. The Labute approximate surface area is 164 Å². The molecule has 0 bridgehead atoms. The van der Waals surface area contributed by atoms with Crippen molar-refractivity contribution in [1.82, 2.24) is 4.57 Å². The molecule has 3 aromatic carbocycles. The predicted molar refractivity (Wildman–Crippen MR) is 113 cm³/mol. The van der Waals surface area contributed by atoms with Crippen molar-refractivity contribution in [2.75, 3.05) is 6.61 Å². The summed E-state index contributed by atoms with van der Waals surface area (Å²) in [4.78, 5) is 0. The average Bonchev–Trinajstić information content (AvgIpc) is 3.09. The van der Waals surface area contributed by atoms with Crippen LogP contribution in [-0.4, -0.2) is 11.2 Å². The number of halogens is 1. The molecule has 3 heteroatoms. The van der Waals surface area contributed by atoms with Crippen LogP contribution < -0.4 is 4.74 Å². The number of hydrogen-bond acceptors (Lipinski definition) is 1. The van der Waals surface area contributed by atoms with Gasteiger partial charge in [0.1, 0.15) is 0 Å². The lowest BCUT2D eigenvalue weighted by molar-refractivity contribution is 0.321. The van der Waals surface area contributed by atoms with Crippen molar-refractivity contribution in [3.05, 3.63) is 96.0 Å². The Bertz CT molecular complexity index is 1020. The molecule has 4 aromatic rings. The van der Waals surface area contributed by atoms with Gasteiger partial charge in [0.25, 0.3) is 0 Å². The highest BCUT2D eigenvalue weighted by molar-refractivity contribution is 6.30. The molecule has 2 nitrogen and oxygen atoms in total. The van der Waals surface area contributed by atoms with Crippen LogP contribution in [0.1, 0.15) is 6.92 Å². The fourth-order valence-corrected chi connectivity index (χ4v) is 3.43. The summed E-state index contributed by atoms with van der Waals surface area (Å²) in [6.45, 7) is 2.61. The SMILES string of the molecule is CCOc1cc(-c2ccccc2)c(-c2ccc(Cl)cc2)n1-c1ccccc1. The molecule has 0 unspecified atom stereocenters. The standard InChI is InChI=1S/C24H20ClNO/c1-2-27-23-17-22(18-9-5-3-6-10-18)24(19-13-15-20(25)16-14-19)26(23)21-11-7-4-8-12-21/h3-17H,2H2,1H3. The van der Waals surface area contributed by atoms with E-state index in [-0.39, 0.29) is 0 Å².